The molecule has 1 aliphatic heterocycles. The molecule has 6 nitrogen and oxygen atoms in total. The Bertz CT molecular complexity index is 624. The molecule has 1 aromatic rings. The number of carbonyl (C=O) groups excluding carboxylic acids is 2. The van der Waals surface area contributed by atoms with Crippen LogP contribution in [0.25, 0.3) is 5.57 Å². The summed E-state index contributed by atoms with van der Waals surface area (Å²) in [7, 11) is 3.21. The lowest BCUT2D eigenvalue weighted by Crippen LogP contribution is -2.34. The van der Waals surface area contributed by atoms with Gasteiger partial charge in [0.2, 0.25) is 0 Å². The quantitative estimate of drug-likeness (QED) is 0.784. The minimum atomic E-state index is -0.343. The van der Waals surface area contributed by atoms with Gasteiger partial charge in [0.15, 0.2) is 0 Å². The Balaban J connectivity index is 2.63. The molecule has 0 bridgehead atoms. The fraction of sp³-hybridized carbons (Fsp3) is 0.375. The third kappa shape index (κ3) is 2.57. The summed E-state index contributed by atoms with van der Waals surface area (Å²) in [5.74, 6) is -0.146. The summed E-state index contributed by atoms with van der Waals surface area (Å²) in [6, 6.07) is 7.10. The molecule has 22 heavy (non-hydrogen) atoms. The maximum absolute atomic E-state index is 12.6. The smallest absolute Gasteiger partial charge is 0.277 e. The number of aliphatic hydroxyl groups is 1. The van der Waals surface area contributed by atoms with Crippen molar-refractivity contribution in [2.24, 2.45) is 0 Å². The summed E-state index contributed by atoms with van der Waals surface area (Å²) in [5, 5.41) is 9.13. The zero-order valence-corrected chi connectivity index (χ0v) is 13.0. The highest BCUT2D eigenvalue weighted by molar-refractivity contribution is 6.35. The molecule has 0 saturated carbocycles. The van der Waals surface area contributed by atoms with Gasteiger partial charge in [-0.25, -0.2) is 0 Å². The molecule has 1 aromatic carbocycles. The van der Waals surface area contributed by atoms with Crippen LogP contribution in [0, 0.1) is 0 Å². The maximum Gasteiger partial charge on any atom is 0.277 e. The van der Waals surface area contributed by atoms with Crippen LogP contribution < -0.4 is 4.74 Å². The molecule has 0 spiro atoms. The largest absolute Gasteiger partial charge is 0.496 e. The topological polar surface area (TPSA) is 70.1 Å². The molecule has 1 heterocycles. The number of imide groups is 1. The lowest BCUT2D eigenvalue weighted by atomic mass is 10.0. The van der Waals surface area contributed by atoms with Crippen molar-refractivity contribution in [3.63, 3.8) is 0 Å². The Hall–Kier alpha value is -2.34. The lowest BCUT2D eigenvalue weighted by Gasteiger charge is -2.20. The number of likely N-dealkylation sites (N-methyl/N-ethyl adjacent to an activating group) is 2. The van der Waals surface area contributed by atoms with Crippen LogP contribution in [0.5, 0.6) is 5.75 Å². The molecule has 0 saturated heterocycles. The number of carbonyl (C=O) groups is 2. The third-order valence-corrected chi connectivity index (χ3v) is 3.65. The molecule has 6 heteroatoms. The van der Waals surface area contributed by atoms with Crippen molar-refractivity contribution >= 4 is 17.4 Å². The highest BCUT2D eigenvalue weighted by Crippen LogP contribution is 2.35. The van der Waals surface area contributed by atoms with Gasteiger partial charge in [-0.2, -0.15) is 0 Å². The number of aliphatic hydroxyl groups excluding tert-OH is 1. The predicted octanol–water partition coefficient (Wildman–Crippen LogP) is 0.719. The monoisotopic (exact) mass is 304 g/mol. The number of nitrogens with zero attached hydrogens (tertiary/aromatic N) is 2. The van der Waals surface area contributed by atoms with E-state index in [2.05, 4.69) is 0 Å². The molecule has 0 radical (unpaired) electrons. The first-order valence-electron chi connectivity index (χ1n) is 7.12. The number of rotatable bonds is 6. The second kappa shape index (κ2) is 6.62. The second-order valence-corrected chi connectivity index (χ2v) is 4.92. The van der Waals surface area contributed by atoms with Crippen LogP contribution in [0.4, 0.5) is 0 Å². The minimum Gasteiger partial charge on any atom is -0.496 e. The van der Waals surface area contributed by atoms with Gasteiger partial charge in [-0.1, -0.05) is 18.2 Å². The van der Waals surface area contributed by atoms with Gasteiger partial charge in [0.1, 0.15) is 11.4 Å². The second-order valence-electron chi connectivity index (χ2n) is 4.92. The minimum absolute atomic E-state index is 0.104. The third-order valence-electron chi connectivity index (χ3n) is 3.65. The molecule has 0 unspecified atom stereocenters. The first-order valence-corrected chi connectivity index (χ1v) is 7.12. The van der Waals surface area contributed by atoms with Crippen molar-refractivity contribution in [1.29, 1.82) is 0 Å². The Kier molecular flexibility index (Phi) is 4.82. The molecule has 0 atom stereocenters. The van der Waals surface area contributed by atoms with Crippen LogP contribution in [-0.4, -0.2) is 60.6 Å². The summed E-state index contributed by atoms with van der Waals surface area (Å²) < 4.78 is 5.31. The van der Waals surface area contributed by atoms with Crippen molar-refractivity contribution < 1.29 is 19.4 Å². The molecule has 0 aromatic heterocycles. The van der Waals surface area contributed by atoms with Gasteiger partial charge in [-0.05, 0) is 13.0 Å². The molecule has 1 aliphatic rings. The van der Waals surface area contributed by atoms with Crippen molar-refractivity contribution in [3.05, 3.63) is 35.5 Å². The summed E-state index contributed by atoms with van der Waals surface area (Å²) in [6.07, 6.45) is 0. The van der Waals surface area contributed by atoms with Gasteiger partial charge in [0.25, 0.3) is 11.8 Å². The fourth-order valence-electron chi connectivity index (χ4n) is 2.56. The van der Waals surface area contributed by atoms with Gasteiger partial charge in [0.05, 0.1) is 19.3 Å². The molecule has 2 rings (SSSR count). The van der Waals surface area contributed by atoms with Crippen molar-refractivity contribution in [2.75, 3.05) is 33.9 Å². The number of methoxy groups -OCH3 is 1. The van der Waals surface area contributed by atoms with Gasteiger partial charge >= 0.3 is 0 Å². The Morgan fingerprint density at radius 1 is 1.23 bits per heavy atom. The van der Waals surface area contributed by atoms with Crippen LogP contribution in [0.1, 0.15) is 12.5 Å². The summed E-state index contributed by atoms with van der Waals surface area (Å²) in [6.45, 7) is 2.22. The predicted molar refractivity (Wildman–Crippen MR) is 82.0 cm³/mol. The van der Waals surface area contributed by atoms with Crippen LogP contribution >= 0.6 is 0 Å². The molecule has 118 valence electrons. The highest BCUT2D eigenvalue weighted by Gasteiger charge is 2.40. The standard InChI is InChI=1S/C16H20N2O4/c1-4-18-15(20)13(11-7-5-6-8-12(11)22-3)14(16(18)21)17(2)9-10-19/h5-8,19H,4,9-10H2,1-3H3. The first kappa shape index (κ1) is 16.0. The van der Waals surface area contributed by atoms with E-state index in [1.54, 1.807) is 43.1 Å². The van der Waals surface area contributed by atoms with Crippen LogP contribution in [0.15, 0.2) is 30.0 Å². The summed E-state index contributed by atoms with van der Waals surface area (Å²) in [4.78, 5) is 28.0. The van der Waals surface area contributed by atoms with E-state index in [-0.39, 0.29) is 25.0 Å². The van der Waals surface area contributed by atoms with E-state index in [1.165, 1.54) is 12.0 Å². The van der Waals surface area contributed by atoms with Crippen LogP contribution in [0.2, 0.25) is 0 Å². The van der Waals surface area contributed by atoms with E-state index in [4.69, 9.17) is 9.84 Å². The molecule has 2 amide bonds. The van der Waals surface area contributed by atoms with Crippen molar-refractivity contribution in [3.8, 4) is 5.75 Å². The van der Waals surface area contributed by atoms with Gasteiger partial charge in [0, 0.05) is 25.7 Å². The van der Waals surface area contributed by atoms with Crippen molar-refractivity contribution in [2.45, 2.75) is 6.92 Å². The molecular formula is C16H20N2O4. The van der Waals surface area contributed by atoms with E-state index in [1.807, 2.05) is 0 Å². The van der Waals surface area contributed by atoms with E-state index >= 15 is 0 Å². The number of hydrogen-bond acceptors (Lipinski definition) is 5. The van der Waals surface area contributed by atoms with Gasteiger partial charge < -0.3 is 14.7 Å². The zero-order chi connectivity index (χ0) is 16.3. The molecule has 1 N–H and O–H groups in total. The Morgan fingerprint density at radius 3 is 2.50 bits per heavy atom. The summed E-state index contributed by atoms with van der Waals surface area (Å²) >= 11 is 0. The number of para-hydroxylation sites is 1. The average molecular weight is 304 g/mol. The summed E-state index contributed by atoms with van der Waals surface area (Å²) in [5.41, 5.74) is 1.20. The molecule has 0 aliphatic carbocycles. The molecule has 0 fully saturated rings. The number of amides is 2. The Labute approximate surface area is 129 Å². The normalized spacial score (nSPS) is 14.8. The Morgan fingerprint density at radius 2 is 1.91 bits per heavy atom. The van der Waals surface area contributed by atoms with E-state index in [0.29, 0.717) is 29.1 Å². The fourth-order valence-corrected chi connectivity index (χ4v) is 2.56. The first-order chi connectivity index (χ1) is 10.6. The lowest BCUT2D eigenvalue weighted by molar-refractivity contribution is -0.137. The van der Waals surface area contributed by atoms with E-state index in [9.17, 15) is 9.59 Å². The number of ether oxygens (including phenoxy) is 1. The van der Waals surface area contributed by atoms with Crippen LogP contribution in [-0.2, 0) is 9.59 Å². The van der Waals surface area contributed by atoms with Crippen molar-refractivity contribution in [1.82, 2.24) is 9.80 Å². The number of hydrogen-bond donors (Lipinski definition) is 1. The maximum atomic E-state index is 12.6. The van der Waals surface area contributed by atoms with E-state index < -0.39 is 0 Å². The van der Waals surface area contributed by atoms with Gasteiger partial charge in [-0.15, -0.1) is 0 Å². The SMILES string of the molecule is CCN1C(=O)C(c2ccccc2OC)=C(N(C)CCO)C1=O. The highest BCUT2D eigenvalue weighted by atomic mass is 16.5. The zero-order valence-electron chi connectivity index (χ0n) is 13.0. The van der Waals surface area contributed by atoms with Gasteiger partial charge in [-0.3, -0.25) is 14.5 Å². The van der Waals surface area contributed by atoms with Crippen LogP contribution in [0.3, 0.4) is 0 Å². The number of benzene rings is 1. The molecular weight excluding hydrogens is 284 g/mol. The van der Waals surface area contributed by atoms with E-state index in [0.717, 1.165) is 0 Å². The average Bonchev–Trinajstić information content (AvgIpc) is 2.77.